The van der Waals surface area contributed by atoms with Gasteiger partial charge in [0.05, 0.1) is 0 Å². The van der Waals surface area contributed by atoms with E-state index in [-0.39, 0.29) is 17.9 Å². The fraction of sp³-hybridized carbons (Fsp3) is 0.706. The Morgan fingerprint density at radius 1 is 1.29 bits per heavy atom. The molecule has 0 aromatic carbocycles. The average molecular weight is 333 g/mol. The third-order valence-corrected chi connectivity index (χ3v) is 4.90. The fourth-order valence-electron chi connectivity index (χ4n) is 3.47. The molecule has 0 bridgehead atoms. The molecule has 2 amide bonds. The van der Waals surface area contributed by atoms with E-state index in [1.807, 2.05) is 17.3 Å². The average Bonchev–Trinajstić information content (AvgIpc) is 3.21. The molecule has 24 heavy (non-hydrogen) atoms. The van der Waals surface area contributed by atoms with Gasteiger partial charge in [-0.1, -0.05) is 13.8 Å². The van der Waals surface area contributed by atoms with Crippen LogP contribution in [0, 0.1) is 0 Å². The largest absolute Gasteiger partial charge is 0.344 e. The van der Waals surface area contributed by atoms with E-state index in [1.54, 1.807) is 0 Å². The van der Waals surface area contributed by atoms with Crippen LogP contribution in [0.15, 0.2) is 12.4 Å². The lowest BCUT2D eigenvalue weighted by Gasteiger charge is -2.36. The molecule has 2 saturated heterocycles. The molecule has 1 N–H and O–H groups in total. The number of nitrogens with one attached hydrogen (secondary N) is 1. The van der Waals surface area contributed by atoms with Crippen molar-refractivity contribution in [1.29, 1.82) is 0 Å². The first-order valence-corrected chi connectivity index (χ1v) is 8.86. The Kier molecular flexibility index (Phi) is 5.18. The highest BCUT2D eigenvalue weighted by atomic mass is 16.2. The number of nitrogens with zero attached hydrogens (tertiary/aromatic N) is 4. The van der Waals surface area contributed by atoms with Crippen molar-refractivity contribution in [3.8, 4) is 0 Å². The Hall–Kier alpha value is -1.89. The second-order valence-electron chi connectivity index (χ2n) is 6.96. The number of piperazine rings is 1. The zero-order chi connectivity index (χ0) is 17.1. The Morgan fingerprint density at radius 2 is 2.04 bits per heavy atom. The van der Waals surface area contributed by atoms with E-state index in [1.165, 1.54) is 0 Å². The topological polar surface area (TPSA) is 70.5 Å². The fourth-order valence-corrected chi connectivity index (χ4v) is 3.47. The first-order chi connectivity index (χ1) is 11.5. The number of aromatic nitrogens is 2. The summed E-state index contributed by atoms with van der Waals surface area (Å²) in [6.45, 7) is 9.48. The van der Waals surface area contributed by atoms with E-state index in [4.69, 9.17) is 0 Å². The standard InChI is InChI=1S/C17H27N5O2/c1-13(2)16-18-5-6-21(16)10-7-20-8-11-22(12-9-20)17(24)14-3-4-15(23)19-14/h5-6,13-14H,3-4,7-12H2,1-2H3,(H,19,23). The van der Waals surface area contributed by atoms with Crippen LogP contribution in [-0.4, -0.2) is 69.9 Å². The van der Waals surface area contributed by atoms with Crippen LogP contribution in [0.3, 0.4) is 0 Å². The maximum absolute atomic E-state index is 12.4. The molecule has 1 aromatic heterocycles. The summed E-state index contributed by atoms with van der Waals surface area (Å²) in [5, 5.41) is 2.77. The van der Waals surface area contributed by atoms with Gasteiger partial charge in [0.25, 0.3) is 0 Å². The van der Waals surface area contributed by atoms with Crippen molar-refractivity contribution in [3.63, 3.8) is 0 Å². The number of carbonyl (C=O) groups is 2. The van der Waals surface area contributed by atoms with Crippen molar-refractivity contribution in [3.05, 3.63) is 18.2 Å². The van der Waals surface area contributed by atoms with Crippen LogP contribution in [-0.2, 0) is 16.1 Å². The van der Waals surface area contributed by atoms with Gasteiger partial charge >= 0.3 is 0 Å². The predicted octanol–water partition coefficient (Wildman–Crippen LogP) is 0.429. The quantitative estimate of drug-likeness (QED) is 0.848. The lowest BCUT2D eigenvalue weighted by Crippen LogP contribution is -2.53. The third-order valence-electron chi connectivity index (χ3n) is 4.90. The minimum Gasteiger partial charge on any atom is -0.344 e. The van der Waals surface area contributed by atoms with Crippen molar-refractivity contribution >= 4 is 11.8 Å². The SMILES string of the molecule is CC(C)c1nccn1CCN1CCN(C(=O)C2CCC(=O)N2)CC1. The van der Waals surface area contributed by atoms with Gasteiger partial charge in [-0.2, -0.15) is 0 Å². The van der Waals surface area contributed by atoms with Gasteiger partial charge in [0, 0.05) is 64.0 Å². The molecule has 132 valence electrons. The molecule has 3 heterocycles. The molecule has 0 aliphatic carbocycles. The summed E-state index contributed by atoms with van der Waals surface area (Å²) in [5.41, 5.74) is 0. The molecule has 2 aliphatic heterocycles. The molecular weight excluding hydrogens is 306 g/mol. The number of rotatable bonds is 5. The monoisotopic (exact) mass is 333 g/mol. The van der Waals surface area contributed by atoms with Crippen molar-refractivity contribution in [1.82, 2.24) is 24.7 Å². The number of imidazole rings is 1. The second kappa shape index (κ2) is 7.34. The van der Waals surface area contributed by atoms with E-state index in [2.05, 4.69) is 33.6 Å². The Balaban J connectivity index is 1.44. The molecule has 2 aliphatic rings. The van der Waals surface area contributed by atoms with Gasteiger partial charge in [-0.15, -0.1) is 0 Å². The number of hydrogen-bond donors (Lipinski definition) is 1. The summed E-state index contributed by atoms with van der Waals surface area (Å²) in [6, 6.07) is -0.302. The van der Waals surface area contributed by atoms with Crippen LogP contribution in [0.5, 0.6) is 0 Å². The summed E-state index contributed by atoms with van der Waals surface area (Å²) in [6.07, 6.45) is 5.01. The number of amides is 2. The molecule has 7 nitrogen and oxygen atoms in total. The lowest BCUT2D eigenvalue weighted by molar-refractivity contribution is -0.136. The van der Waals surface area contributed by atoms with E-state index >= 15 is 0 Å². The van der Waals surface area contributed by atoms with Crippen LogP contribution in [0.1, 0.15) is 38.4 Å². The summed E-state index contributed by atoms with van der Waals surface area (Å²) < 4.78 is 2.22. The van der Waals surface area contributed by atoms with Crippen molar-refractivity contribution < 1.29 is 9.59 Å². The van der Waals surface area contributed by atoms with Crippen LogP contribution < -0.4 is 5.32 Å². The van der Waals surface area contributed by atoms with E-state index < -0.39 is 0 Å². The highest BCUT2D eigenvalue weighted by Crippen LogP contribution is 2.14. The van der Waals surface area contributed by atoms with Gasteiger partial charge in [-0.3, -0.25) is 14.5 Å². The van der Waals surface area contributed by atoms with Crippen molar-refractivity contribution in [2.75, 3.05) is 32.7 Å². The maximum Gasteiger partial charge on any atom is 0.245 e. The van der Waals surface area contributed by atoms with Gasteiger partial charge in [0.1, 0.15) is 11.9 Å². The molecular formula is C17H27N5O2. The molecule has 1 atom stereocenters. The highest BCUT2D eigenvalue weighted by molar-refractivity contribution is 5.90. The molecule has 7 heteroatoms. The minimum absolute atomic E-state index is 0.00623. The summed E-state index contributed by atoms with van der Waals surface area (Å²) in [7, 11) is 0. The van der Waals surface area contributed by atoms with Gasteiger partial charge in [0.2, 0.25) is 11.8 Å². The van der Waals surface area contributed by atoms with E-state index in [0.29, 0.717) is 18.8 Å². The zero-order valence-electron chi connectivity index (χ0n) is 14.6. The van der Waals surface area contributed by atoms with Crippen LogP contribution in [0.4, 0.5) is 0 Å². The number of carbonyl (C=O) groups excluding carboxylic acids is 2. The van der Waals surface area contributed by atoms with E-state index in [9.17, 15) is 9.59 Å². The van der Waals surface area contributed by atoms with Gasteiger partial charge < -0.3 is 14.8 Å². The third kappa shape index (κ3) is 3.77. The maximum atomic E-state index is 12.4. The van der Waals surface area contributed by atoms with Crippen LogP contribution in [0.25, 0.3) is 0 Å². The van der Waals surface area contributed by atoms with Crippen LogP contribution >= 0.6 is 0 Å². The summed E-state index contributed by atoms with van der Waals surface area (Å²) in [4.78, 5) is 32.4. The molecule has 0 radical (unpaired) electrons. The molecule has 1 aromatic rings. The zero-order valence-corrected chi connectivity index (χ0v) is 14.6. The van der Waals surface area contributed by atoms with E-state index in [0.717, 1.165) is 45.1 Å². The first kappa shape index (κ1) is 17.0. The number of hydrogen-bond acceptors (Lipinski definition) is 4. The lowest BCUT2D eigenvalue weighted by atomic mass is 10.2. The van der Waals surface area contributed by atoms with Gasteiger partial charge in [-0.25, -0.2) is 4.98 Å². The molecule has 2 fully saturated rings. The molecule has 0 spiro atoms. The van der Waals surface area contributed by atoms with Crippen LogP contribution in [0.2, 0.25) is 0 Å². The normalized spacial score (nSPS) is 22.2. The second-order valence-corrected chi connectivity index (χ2v) is 6.96. The van der Waals surface area contributed by atoms with Gasteiger partial charge in [0.15, 0.2) is 0 Å². The Labute approximate surface area is 143 Å². The van der Waals surface area contributed by atoms with Crippen molar-refractivity contribution in [2.45, 2.75) is 45.2 Å². The van der Waals surface area contributed by atoms with Crippen molar-refractivity contribution in [2.24, 2.45) is 0 Å². The summed E-state index contributed by atoms with van der Waals surface area (Å²) >= 11 is 0. The molecule has 1 unspecified atom stereocenters. The first-order valence-electron chi connectivity index (χ1n) is 8.86. The van der Waals surface area contributed by atoms with Gasteiger partial charge in [-0.05, 0) is 6.42 Å². The summed E-state index contributed by atoms with van der Waals surface area (Å²) in [5.74, 6) is 1.63. The minimum atomic E-state index is -0.302. The highest BCUT2D eigenvalue weighted by Gasteiger charge is 2.32. The molecule has 0 saturated carbocycles. The Bertz CT molecular complexity index is 590. The Morgan fingerprint density at radius 3 is 2.67 bits per heavy atom. The smallest absolute Gasteiger partial charge is 0.245 e. The predicted molar refractivity (Wildman–Crippen MR) is 90.5 cm³/mol. The molecule has 3 rings (SSSR count).